The molecule has 0 aliphatic carbocycles. The Hall–Kier alpha value is -4.00. The molecule has 41 heavy (non-hydrogen) atoms. The van der Waals surface area contributed by atoms with Crippen LogP contribution in [0.3, 0.4) is 0 Å². The first-order valence-electron chi connectivity index (χ1n) is 12.5. The van der Waals surface area contributed by atoms with Crippen molar-refractivity contribution in [1.82, 2.24) is 4.90 Å². The zero-order valence-electron chi connectivity index (χ0n) is 22.6. The SMILES string of the molecule is COc1cc(C(=O)N2CCN(c3cccc(C(F)(F)F)c3)CC2)c(N(Cc2ccccc2F)S(C)(=O)=O)cc1OC. The minimum absolute atomic E-state index is 0.0167. The first kappa shape index (κ1) is 30.0. The van der Waals surface area contributed by atoms with Crippen LogP contribution in [-0.4, -0.2) is 65.9 Å². The minimum Gasteiger partial charge on any atom is -0.493 e. The number of halogens is 4. The van der Waals surface area contributed by atoms with Crippen molar-refractivity contribution in [2.24, 2.45) is 0 Å². The van der Waals surface area contributed by atoms with E-state index in [1.54, 1.807) is 17.0 Å². The number of piperazine rings is 1. The van der Waals surface area contributed by atoms with Crippen molar-refractivity contribution < 1.29 is 40.2 Å². The average Bonchev–Trinajstić information content (AvgIpc) is 2.95. The van der Waals surface area contributed by atoms with Gasteiger partial charge in [0.05, 0.1) is 43.8 Å². The van der Waals surface area contributed by atoms with Crippen LogP contribution >= 0.6 is 0 Å². The molecule has 4 rings (SSSR count). The number of ether oxygens (including phenoxy) is 2. The van der Waals surface area contributed by atoms with Gasteiger partial charge in [0.2, 0.25) is 10.0 Å². The molecule has 220 valence electrons. The zero-order valence-corrected chi connectivity index (χ0v) is 23.4. The Labute approximate surface area is 235 Å². The van der Waals surface area contributed by atoms with Crippen LogP contribution in [0.25, 0.3) is 0 Å². The maximum Gasteiger partial charge on any atom is 0.416 e. The Morgan fingerprint density at radius 1 is 0.927 bits per heavy atom. The predicted octanol–water partition coefficient (Wildman–Crippen LogP) is 4.79. The van der Waals surface area contributed by atoms with Gasteiger partial charge in [-0.3, -0.25) is 9.10 Å². The summed E-state index contributed by atoms with van der Waals surface area (Å²) in [5.41, 5.74) is -0.331. The van der Waals surface area contributed by atoms with E-state index in [9.17, 15) is 30.8 Å². The maximum absolute atomic E-state index is 14.5. The van der Waals surface area contributed by atoms with Crippen molar-refractivity contribution in [1.29, 1.82) is 0 Å². The summed E-state index contributed by atoms with van der Waals surface area (Å²) in [5.74, 6) is -0.788. The number of rotatable bonds is 8. The number of methoxy groups -OCH3 is 2. The molecule has 0 radical (unpaired) electrons. The molecule has 0 aromatic heterocycles. The molecular formula is C28H29F4N3O5S. The number of carbonyl (C=O) groups excluding carboxylic acids is 1. The largest absolute Gasteiger partial charge is 0.493 e. The number of hydrogen-bond acceptors (Lipinski definition) is 6. The summed E-state index contributed by atoms with van der Waals surface area (Å²) in [5, 5.41) is 0. The number of carbonyl (C=O) groups is 1. The van der Waals surface area contributed by atoms with Gasteiger partial charge in [-0.1, -0.05) is 24.3 Å². The fourth-order valence-electron chi connectivity index (χ4n) is 4.63. The monoisotopic (exact) mass is 595 g/mol. The van der Waals surface area contributed by atoms with Crippen molar-refractivity contribution in [3.8, 4) is 11.5 Å². The van der Waals surface area contributed by atoms with E-state index >= 15 is 0 Å². The average molecular weight is 596 g/mol. The molecule has 0 atom stereocenters. The molecule has 13 heteroatoms. The Morgan fingerprint density at radius 2 is 1.56 bits per heavy atom. The highest BCUT2D eigenvalue weighted by Gasteiger charge is 2.33. The number of amides is 1. The summed E-state index contributed by atoms with van der Waals surface area (Å²) in [4.78, 5) is 17.1. The van der Waals surface area contributed by atoms with Crippen LogP contribution in [0.1, 0.15) is 21.5 Å². The van der Waals surface area contributed by atoms with E-state index in [2.05, 4.69) is 0 Å². The summed E-state index contributed by atoms with van der Waals surface area (Å²) >= 11 is 0. The second-order valence-corrected chi connectivity index (χ2v) is 11.3. The predicted molar refractivity (Wildman–Crippen MR) is 147 cm³/mol. The minimum atomic E-state index is -4.48. The molecule has 1 heterocycles. The van der Waals surface area contributed by atoms with E-state index in [4.69, 9.17) is 9.47 Å². The topological polar surface area (TPSA) is 79.4 Å². The Kier molecular flexibility index (Phi) is 8.66. The quantitative estimate of drug-likeness (QED) is 0.349. The number of anilines is 2. The fraction of sp³-hybridized carbons (Fsp3) is 0.321. The molecule has 1 fully saturated rings. The van der Waals surface area contributed by atoms with Gasteiger partial charge in [0, 0.05) is 43.5 Å². The lowest BCUT2D eigenvalue weighted by atomic mass is 10.1. The molecule has 0 N–H and O–H groups in total. The summed E-state index contributed by atoms with van der Waals surface area (Å²) in [6.07, 6.45) is -3.53. The smallest absolute Gasteiger partial charge is 0.416 e. The lowest BCUT2D eigenvalue weighted by Crippen LogP contribution is -2.49. The molecule has 8 nitrogen and oxygen atoms in total. The van der Waals surface area contributed by atoms with Crippen molar-refractivity contribution in [3.05, 3.63) is 83.2 Å². The molecule has 0 unspecified atom stereocenters. The summed E-state index contributed by atoms with van der Waals surface area (Å²) in [6.45, 7) is 0.441. The van der Waals surface area contributed by atoms with E-state index < -0.39 is 33.5 Å². The second kappa shape index (κ2) is 11.9. The molecule has 0 spiro atoms. The van der Waals surface area contributed by atoms with Crippen molar-refractivity contribution in [2.45, 2.75) is 12.7 Å². The summed E-state index contributed by atoms with van der Waals surface area (Å²) in [6, 6.07) is 13.4. The van der Waals surface area contributed by atoms with E-state index in [1.807, 2.05) is 0 Å². The number of nitrogens with zero attached hydrogens (tertiary/aromatic N) is 3. The van der Waals surface area contributed by atoms with Gasteiger partial charge in [0.15, 0.2) is 11.5 Å². The third kappa shape index (κ3) is 6.67. The Bertz CT molecular complexity index is 1520. The van der Waals surface area contributed by atoms with Crippen molar-refractivity contribution >= 4 is 27.3 Å². The third-order valence-electron chi connectivity index (χ3n) is 6.78. The van der Waals surface area contributed by atoms with Gasteiger partial charge in [0.25, 0.3) is 5.91 Å². The molecular weight excluding hydrogens is 566 g/mol. The number of alkyl halides is 3. The van der Waals surface area contributed by atoms with Gasteiger partial charge in [-0.2, -0.15) is 13.2 Å². The molecule has 0 bridgehead atoms. The highest BCUT2D eigenvalue weighted by Crippen LogP contribution is 2.38. The number of benzene rings is 3. The van der Waals surface area contributed by atoms with Crippen molar-refractivity contribution in [3.63, 3.8) is 0 Å². The molecule has 3 aromatic carbocycles. The summed E-state index contributed by atoms with van der Waals surface area (Å²) < 4.78 is 91.7. The first-order valence-corrected chi connectivity index (χ1v) is 14.4. The van der Waals surface area contributed by atoms with Gasteiger partial charge < -0.3 is 19.3 Å². The lowest BCUT2D eigenvalue weighted by molar-refractivity contribution is -0.137. The highest BCUT2D eigenvalue weighted by molar-refractivity contribution is 7.92. The van der Waals surface area contributed by atoms with Gasteiger partial charge in [-0.15, -0.1) is 0 Å². The van der Waals surface area contributed by atoms with Gasteiger partial charge in [-0.05, 0) is 30.3 Å². The molecule has 1 saturated heterocycles. The maximum atomic E-state index is 14.5. The standard InChI is InChI=1S/C28H29F4N3O5S/c1-39-25-16-22(24(17-26(25)40-2)35(41(3,37)38)18-19-7-4-5-10-23(19)29)27(36)34-13-11-33(12-14-34)21-9-6-8-20(15-21)28(30,31)32/h4-10,15-17H,11-14,18H2,1-3H3. The van der Waals surface area contributed by atoms with E-state index in [0.717, 1.165) is 22.7 Å². The molecule has 0 saturated carbocycles. The zero-order chi connectivity index (χ0) is 29.9. The molecule has 1 aliphatic heterocycles. The van der Waals surface area contributed by atoms with Gasteiger partial charge >= 0.3 is 6.18 Å². The van der Waals surface area contributed by atoms with Crippen LogP contribution in [0.2, 0.25) is 0 Å². The second-order valence-electron chi connectivity index (χ2n) is 9.41. The highest BCUT2D eigenvalue weighted by atomic mass is 32.2. The molecule has 1 aliphatic rings. The number of hydrogen-bond donors (Lipinski definition) is 0. The Morgan fingerprint density at radius 3 is 2.15 bits per heavy atom. The van der Waals surface area contributed by atoms with E-state index in [-0.39, 0.29) is 61.0 Å². The third-order valence-corrected chi connectivity index (χ3v) is 7.91. The summed E-state index contributed by atoms with van der Waals surface area (Å²) in [7, 11) is -1.30. The van der Waals surface area contributed by atoms with Crippen LogP contribution in [-0.2, 0) is 22.7 Å². The van der Waals surface area contributed by atoms with Crippen LogP contribution in [0.5, 0.6) is 11.5 Å². The fourth-order valence-corrected chi connectivity index (χ4v) is 5.51. The van der Waals surface area contributed by atoms with Crippen molar-refractivity contribution in [2.75, 3.05) is 55.9 Å². The number of sulfonamides is 1. The van der Waals surface area contributed by atoms with Gasteiger partial charge in [0.1, 0.15) is 5.82 Å². The normalized spacial score (nSPS) is 14.1. The lowest BCUT2D eigenvalue weighted by Gasteiger charge is -2.37. The van der Waals surface area contributed by atoms with Crippen LogP contribution in [0.15, 0.2) is 60.7 Å². The van der Waals surface area contributed by atoms with E-state index in [1.165, 1.54) is 55.5 Å². The van der Waals surface area contributed by atoms with Crippen LogP contribution < -0.4 is 18.7 Å². The van der Waals surface area contributed by atoms with Crippen LogP contribution in [0, 0.1) is 5.82 Å². The Balaban J connectivity index is 1.67. The first-order chi connectivity index (χ1) is 19.3. The van der Waals surface area contributed by atoms with Gasteiger partial charge in [-0.25, -0.2) is 12.8 Å². The van der Waals surface area contributed by atoms with E-state index in [0.29, 0.717) is 5.69 Å². The van der Waals surface area contributed by atoms with Crippen LogP contribution in [0.4, 0.5) is 28.9 Å². The molecule has 1 amide bonds. The molecule has 3 aromatic rings.